The van der Waals surface area contributed by atoms with Gasteiger partial charge in [-0.2, -0.15) is 0 Å². The zero-order valence-corrected chi connectivity index (χ0v) is 14.7. The zero-order valence-electron chi connectivity index (χ0n) is 13.9. The van der Waals surface area contributed by atoms with Gasteiger partial charge in [-0.3, -0.25) is 10.1 Å². The quantitative estimate of drug-likeness (QED) is 0.537. The molecule has 0 spiro atoms. The summed E-state index contributed by atoms with van der Waals surface area (Å²) in [6.45, 7) is 4.13. The number of nitrogens with zero attached hydrogens (tertiary/aromatic N) is 1. The highest BCUT2D eigenvalue weighted by atomic mass is 32.1. The maximum atomic E-state index is 12.4. The van der Waals surface area contributed by atoms with Crippen molar-refractivity contribution in [1.82, 2.24) is 4.98 Å². The van der Waals surface area contributed by atoms with Crippen LogP contribution in [-0.4, -0.2) is 10.9 Å². The number of benzene rings is 2. The first-order chi connectivity index (χ1) is 12.1. The molecule has 1 N–H and O–H groups in total. The molecule has 0 saturated heterocycles. The van der Waals surface area contributed by atoms with Crippen molar-refractivity contribution < 1.29 is 9.21 Å². The summed E-state index contributed by atoms with van der Waals surface area (Å²) in [5.41, 5.74) is 5.02. The van der Waals surface area contributed by atoms with Gasteiger partial charge in [0, 0.05) is 16.3 Å². The van der Waals surface area contributed by atoms with Gasteiger partial charge in [0.25, 0.3) is 5.91 Å². The number of carbonyl (C=O) groups excluding carboxylic acids is 1. The monoisotopic (exact) mass is 348 g/mol. The summed E-state index contributed by atoms with van der Waals surface area (Å²) in [5, 5.41) is 6.23. The van der Waals surface area contributed by atoms with Crippen molar-refractivity contribution in [2.75, 3.05) is 5.32 Å². The smallest absolute Gasteiger partial charge is 0.293 e. The Bertz CT molecular complexity index is 1050. The first kappa shape index (κ1) is 15.6. The van der Waals surface area contributed by atoms with Crippen LogP contribution in [0.5, 0.6) is 0 Å². The number of thiazole rings is 1. The summed E-state index contributed by atoms with van der Waals surface area (Å²) in [5.74, 6) is -0.0119. The molecule has 4 aromatic rings. The first-order valence-electron chi connectivity index (χ1n) is 7.93. The van der Waals surface area contributed by atoms with Crippen LogP contribution in [0.2, 0.25) is 0 Å². The lowest BCUT2D eigenvalue weighted by atomic mass is 10.0. The van der Waals surface area contributed by atoms with E-state index < -0.39 is 0 Å². The van der Waals surface area contributed by atoms with Crippen LogP contribution in [0.3, 0.4) is 0 Å². The summed E-state index contributed by atoms with van der Waals surface area (Å²) in [4.78, 5) is 16.9. The molecule has 0 bridgehead atoms. The molecule has 0 aliphatic carbocycles. The number of hydrogen-bond acceptors (Lipinski definition) is 4. The average molecular weight is 348 g/mol. The fourth-order valence-corrected chi connectivity index (χ4v) is 3.51. The van der Waals surface area contributed by atoms with Crippen molar-refractivity contribution in [3.63, 3.8) is 0 Å². The van der Waals surface area contributed by atoms with Gasteiger partial charge < -0.3 is 4.42 Å². The Balaban J connectivity index is 1.57. The Morgan fingerprint density at radius 2 is 1.96 bits per heavy atom. The third kappa shape index (κ3) is 3.06. The molecule has 0 radical (unpaired) electrons. The number of aromatic nitrogens is 1. The van der Waals surface area contributed by atoms with Crippen molar-refractivity contribution in [2.24, 2.45) is 0 Å². The molecule has 0 aliphatic rings. The Kier molecular flexibility index (Phi) is 3.86. The number of amides is 1. The van der Waals surface area contributed by atoms with Gasteiger partial charge in [0.15, 0.2) is 10.9 Å². The van der Waals surface area contributed by atoms with E-state index in [4.69, 9.17) is 4.42 Å². The lowest BCUT2D eigenvalue weighted by Gasteiger charge is -2.03. The highest BCUT2D eigenvalue weighted by Crippen LogP contribution is 2.28. The normalized spacial score (nSPS) is 11.0. The molecule has 0 saturated carbocycles. The summed E-state index contributed by atoms with van der Waals surface area (Å²) < 4.78 is 5.59. The second-order valence-electron chi connectivity index (χ2n) is 5.96. The van der Waals surface area contributed by atoms with Gasteiger partial charge in [-0.05, 0) is 31.5 Å². The van der Waals surface area contributed by atoms with Gasteiger partial charge >= 0.3 is 0 Å². The lowest BCUT2D eigenvalue weighted by Crippen LogP contribution is -2.10. The van der Waals surface area contributed by atoms with Crippen molar-refractivity contribution >= 4 is 33.3 Å². The Hall–Kier alpha value is -2.92. The fourth-order valence-electron chi connectivity index (χ4n) is 2.81. The standard InChI is InChI=1S/C20H16N2O2S/c1-12-7-8-15(13(2)9-12)16-11-25-20(21-16)22-19(23)18-10-14-5-3-4-6-17(14)24-18/h3-11H,1-2H3,(H,21,22,23). The van der Waals surface area contributed by atoms with E-state index in [0.717, 1.165) is 16.6 Å². The van der Waals surface area contributed by atoms with Gasteiger partial charge in [0.05, 0.1) is 5.69 Å². The van der Waals surface area contributed by atoms with E-state index >= 15 is 0 Å². The highest BCUT2D eigenvalue weighted by Gasteiger charge is 2.15. The van der Waals surface area contributed by atoms with Crippen LogP contribution in [0.15, 0.2) is 58.3 Å². The van der Waals surface area contributed by atoms with E-state index in [9.17, 15) is 4.79 Å². The fraction of sp³-hybridized carbons (Fsp3) is 0.100. The Labute approximate surface area is 149 Å². The Morgan fingerprint density at radius 1 is 1.12 bits per heavy atom. The summed E-state index contributed by atoms with van der Waals surface area (Å²) in [6, 6.07) is 15.5. The van der Waals surface area contributed by atoms with Crippen molar-refractivity contribution in [2.45, 2.75) is 13.8 Å². The predicted octanol–water partition coefficient (Wildman–Crippen LogP) is 5.43. The van der Waals surface area contributed by atoms with Crippen LogP contribution in [0.4, 0.5) is 5.13 Å². The van der Waals surface area contributed by atoms with E-state index in [1.54, 1.807) is 6.07 Å². The number of fused-ring (bicyclic) bond motifs is 1. The van der Waals surface area contributed by atoms with Crippen LogP contribution in [0.25, 0.3) is 22.2 Å². The van der Waals surface area contributed by atoms with Gasteiger partial charge in [0.1, 0.15) is 5.58 Å². The number of furan rings is 1. The minimum absolute atomic E-state index is 0.282. The Morgan fingerprint density at radius 3 is 2.76 bits per heavy atom. The van der Waals surface area contributed by atoms with Crippen LogP contribution < -0.4 is 5.32 Å². The average Bonchev–Trinajstić information content (AvgIpc) is 3.21. The predicted molar refractivity (Wildman–Crippen MR) is 101 cm³/mol. The molecule has 4 nitrogen and oxygen atoms in total. The van der Waals surface area contributed by atoms with Crippen molar-refractivity contribution in [3.05, 3.63) is 70.8 Å². The number of rotatable bonds is 3. The topological polar surface area (TPSA) is 55.1 Å². The van der Waals surface area contributed by atoms with Crippen LogP contribution >= 0.6 is 11.3 Å². The third-order valence-electron chi connectivity index (χ3n) is 4.03. The molecule has 1 amide bonds. The van der Waals surface area contributed by atoms with E-state index in [1.807, 2.05) is 29.6 Å². The molecule has 4 rings (SSSR count). The maximum Gasteiger partial charge on any atom is 0.293 e. The van der Waals surface area contributed by atoms with E-state index in [2.05, 4.69) is 42.3 Å². The number of anilines is 1. The molecule has 0 aliphatic heterocycles. The number of carbonyl (C=O) groups is 1. The molecule has 2 heterocycles. The van der Waals surface area contributed by atoms with Gasteiger partial charge in [-0.25, -0.2) is 4.98 Å². The second kappa shape index (κ2) is 6.18. The first-order valence-corrected chi connectivity index (χ1v) is 8.81. The number of hydrogen-bond donors (Lipinski definition) is 1. The summed E-state index contributed by atoms with van der Waals surface area (Å²) >= 11 is 1.40. The largest absolute Gasteiger partial charge is 0.451 e. The van der Waals surface area contributed by atoms with Crippen LogP contribution in [-0.2, 0) is 0 Å². The molecule has 0 unspecified atom stereocenters. The van der Waals surface area contributed by atoms with Crippen LogP contribution in [0.1, 0.15) is 21.7 Å². The van der Waals surface area contributed by atoms with Gasteiger partial charge in [-0.15, -0.1) is 11.3 Å². The molecular formula is C20H16N2O2S. The zero-order chi connectivity index (χ0) is 17.4. The van der Waals surface area contributed by atoms with E-state index in [1.165, 1.54) is 22.5 Å². The second-order valence-corrected chi connectivity index (χ2v) is 6.82. The molecule has 124 valence electrons. The molecule has 2 aromatic carbocycles. The van der Waals surface area contributed by atoms with Gasteiger partial charge in [0.2, 0.25) is 0 Å². The van der Waals surface area contributed by atoms with Crippen LogP contribution in [0, 0.1) is 13.8 Å². The lowest BCUT2D eigenvalue weighted by molar-refractivity contribution is 0.0998. The summed E-state index contributed by atoms with van der Waals surface area (Å²) in [7, 11) is 0. The van der Waals surface area contributed by atoms with Crippen molar-refractivity contribution in [3.8, 4) is 11.3 Å². The number of para-hydroxylation sites is 1. The minimum Gasteiger partial charge on any atom is -0.451 e. The minimum atomic E-state index is -0.294. The van der Waals surface area contributed by atoms with Crippen molar-refractivity contribution in [1.29, 1.82) is 0 Å². The molecule has 0 atom stereocenters. The van der Waals surface area contributed by atoms with E-state index in [0.29, 0.717) is 10.7 Å². The number of nitrogens with one attached hydrogen (secondary N) is 1. The molecular weight excluding hydrogens is 332 g/mol. The maximum absolute atomic E-state index is 12.4. The molecule has 25 heavy (non-hydrogen) atoms. The molecule has 0 fully saturated rings. The molecule has 2 aromatic heterocycles. The highest BCUT2D eigenvalue weighted by molar-refractivity contribution is 7.14. The van der Waals surface area contributed by atoms with Gasteiger partial charge in [-0.1, -0.05) is 42.0 Å². The summed E-state index contributed by atoms with van der Waals surface area (Å²) in [6.07, 6.45) is 0. The number of aryl methyl sites for hydroxylation is 2. The SMILES string of the molecule is Cc1ccc(-c2csc(NC(=O)c3cc4ccccc4o3)n2)c(C)c1. The molecule has 5 heteroatoms. The van der Waals surface area contributed by atoms with E-state index in [-0.39, 0.29) is 11.7 Å². The third-order valence-corrected chi connectivity index (χ3v) is 4.79.